The van der Waals surface area contributed by atoms with Crippen LogP contribution >= 0.6 is 34.1 Å². The summed E-state index contributed by atoms with van der Waals surface area (Å²) in [6, 6.07) is 4.31. The van der Waals surface area contributed by atoms with Gasteiger partial charge in [-0.3, -0.25) is 4.52 Å². The zero-order chi connectivity index (χ0) is 13.6. The standard InChI is InChI=1S/C11H15BrFO3PS/c1-3-7-18-17(14,15-4-2)16-11-6-5-9(12)8-10(11)13/h5-6,8H,3-4,7H2,1-2H3. The number of benzene rings is 1. The Balaban J connectivity index is 2.85. The van der Waals surface area contributed by atoms with Gasteiger partial charge in [-0.25, -0.2) is 8.96 Å². The maximum atomic E-state index is 13.6. The first-order valence-electron chi connectivity index (χ1n) is 5.54. The van der Waals surface area contributed by atoms with Gasteiger partial charge in [0.15, 0.2) is 11.6 Å². The van der Waals surface area contributed by atoms with E-state index in [4.69, 9.17) is 9.05 Å². The summed E-state index contributed by atoms with van der Waals surface area (Å²) in [5.41, 5.74) is 0. The van der Waals surface area contributed by atoms with E-state index in [-0.39, 0.29) is 12.4 Å². The topological polar surface area (TPSA) is 35.5 Å². The van der Waals surface area contributed by atoms with Gasteiger partial charge in [0.2, 0.25) is 0 Å². The molecule has 0 aliphatic carbocycles. The molecule has 3 nitrogen and oxygen atoms in total. The highest BCUT2D eigenvalue weighted by Crippen LogP contribution is 2.60. The summed E-state index contributed by atoms with van der Waals surface area (Å²) in [7, 11) is 0. The van der Waals surface area contributed by atoms with E-state index in [0.29, 0.717) is 10.2 Å². The summed E-state index contributed by atoms with van der Waals surface area (Å²) in [6.45, 7) is 0.602. The Morgan fingerprint density at radius 3 is 2.72 bits per heavy atom. The van der Waals surface area contributed by atoms with Gasteiger partial charge in [0.25, 0.3) is 0 Å². The maximum absolute atomic E-state index is 13.6. The Morgan fingerprint density at radius 2 is 2.17 bits per heavy atom. The van der Waals surface area contributed by atoms with Crippen molar-refractivity contribution >= 4 is 34.1 Å². The lowest BCUT2D eigenvalue weighted by Crippen LogP contribution is -1.97. The van der Waals surface area contributed by atoms with Crippen molar-refractivity contribution in [2.75, 3.05) is 12.4 Å². The highest BCUT2D eigenvalue weighted by atomic mass is 79.9. The SMILES string of the molecule is CCCSP(=O)(OCC)Oc1ccc(Br)cc1F. The second-order valence-corrected chi connectivity index (χ2v) is 8.40. The zero-order valence-electron chi connectivity index (χ0n) is 10.2. The average molecular weight is 357 g/mol. The van der Waals surface area contributed by atoms with Gasteiger partial charge in [-0.2, -0.15) is 0 Å². The minimum atomic E-state index is -3.34. The lowest BCUT2D eigenvalue weighted by molar-refractivity contribution is 0.292. The fourth-order valence-electron chi connectivity index (χ4n) is 1.12. The minimum absolute atomic E-state index is 0.0569. The monoisotopic (exact) mass is 356 g/mol. The Bertz CT molecular complexity index is 444. The summed E-state index contributed by atoms with van der Waals surface area (Å²) in [5, 5.41) is 0. The van der Waals surface area contributed by atoms with Gasteiger partial charge in [-0.05, 0) is 42.9 Å². The molecule has 102 valence electrons. The van der Waals surface area contributed by atoms with E-state index in [1.807, 2.05) is 6.92 Å². The molecule has 1 atom stereocenters. The third kappa shape index (κ3) is 4.92. The average Bonchev–Trinajstić information content (AvgIpc) is 2.31. The van der Waals surface area contributed by atoms with E-state index in [9.17, 15) is 8.96 Å². The van der Waals surface area contributed by atoms with E-state index in [1.54, 1.807) is 13.0 Å². The molecule has 0 bridgehead atoms. The number of halogens is 2. The molecule has 18 heavy (non-hydrogen) atoms. The molecule has 1 aromatic rings. The summed E-state index contributed by atoms with van der Waals surface area (Å²) >= 11 is 4.24. The van der Waals surface area contributed by atoms with Gasteiger partial charge in [-0.1, -0.05) is 22.9 Å². The Kier molecular flexibility index (Phi) is 6.71. The van der Waals surface area contributed by atoms with E-state index >= 15 is 0 Å². The van der Waals surface area contributed by atoms with Crippen LogP contribution in [0.4, 0.5) is 4.39 Å². The Morgan fingerprint density at radius 1 is 1.44 bits per heavy atom. The van der Waals surface area contributed by atoms with Crippen LogP contribution in [0.2, 0.25) is 0 Å². The lowest BCUT2D eigenvalue weighted by atomic mass is 10.3. The number of hydrogen-bond acceptors (Lipinski definition) is 4. The van der Waals surface area contributed by atoms with Gasteiger partial charge in [0.1, 0.15) is 0 Å². The molecule has 0 heterocycles. The molecule has 0 spiro atoms. The molecule has 0 saturated carbocycles. The first-order valence-corrected chi connectivity index (χ1v) is 9.47. The molecule has 1 aromatic carbocycles. The molecular weight excluding hydrogens is 342 g/mol. The Labute approximate surface area is 119 Å². The third-order valence-electron chi connectivity index (χ3n) is 1.84. The summed E-state index contributed by atoms with van der Waals surface area (Å²) in [5.74, 6) is 0.00934. The fraction of sp³-hybridized carbons (Fsp3) is 0.455. The number of rotatable bonds is 7. The van der Waals surface area contributed by atoms with Crippen molar-refractivity contribution in [2.45, 2.75) is 20.3 Å². The van der Waals surface area contributed by atoms with Crippen molar-refractivity contribution in [1.82, 2.24) is 0 Å². The van der Waals surface area contributed by atoms with E-state index in [0.717, 1.165) is 17.8 Å². The normalized spacial score (nSPS) is 14.2. The van der Waals surface area contributed by atoms with Crippen molar-refractivity contribution in [2.24, 2.45) is 0 Å². The van der Waals surface area contributed by atoms with Crippen molar-refractivity contribution in [3.63, 3.8) is 0 Å². The molecule has 0 amide bonds. The van der Waals surface area contributed by atoms with E-state index in [1.165, 1.54) is 12.1 Å². The van der Waals surface area contributed by atoms with Crippen LogP contribution in [0.1, 0.15) is 20.3 Å². The zero-order valence-corrected chi connectivity index (χ0v) is 13.5. The summed E-state index contributed by atoms with van der Waals surface area (Å²) in [4.78, 5) is 0. The molecule has 0 aliphatic rings. The minimum Gasteiger partial charge on any atom is -0.414 e. The van der Waals surface area contributed by atoms with Gasteiger partial charge >= 0.3 is 6.80 Å². The molecule has 1 unspecified atom stereocenters. The highest BCUT2D eigenvalue weighted by molar-refractivity contribution is 9.10. The van der Waals surface area contributed by atoms with Crippen LogP contribution in [0.3, 0.4) is 0 Å². The second kappa shape index (κ2) is 7.53. The molecular formula is C11H15BrFO3PS. The van der Waals surface area contributed by atoms with E-state index in [2.05, 4.69) is 15.9 Å². The van der Waals surface area contributed by atoms with Crippen LogP contribution in [0.25, 0.3) is 0 Å². The number of hydrogen-bond donors (Lipinski definition) is 0. The molecule has 0 saturated heterocycles. The van der Waals surface area contributed by atoms with Crippen LogP contribution in [0, 0.1) is 5.82 Å². The van der Waals surface area contributed by atoms with Crippen molar-refractivity contribution in [3.8, 4) is 5.75 Å². The molecule has 0 aliphatic heterocycles. The summed E-state index contributed by atoms with van der Waals surface area (Å²) < 4.78 is 36.9. The fourth-order valence-corrected chi connectivity index (χ4v) is 4.90. The molecule has 7 heteroatoms. The van der Waals surface area contributed by atoms with Gasteiger partial charge < -0.3 is 4.52 Å². The largest absolute Gasteiger partial charge is 0.440 e. The molecule has 1 rings (SSSR count). The molecule has 0 radical (unpaired) electrons. The molecule has 0 N–H and O–H groups in total. The van der Waals surface area contributed by atoms with Crippen LogP contribution in [-0.4, -0.2) is 12.4 Å². The van der Waals surface area contributed by atoms with E-state index < -0.39 is 12.6 Å². The van der Waals surface area contributed by atoms with Gasteiger partial charge in [-0.15, -0.1) is 0 Å². The smallest absolute Gasteiger partial charge is 0.414 e. The lowest BCUT2D eigenvalue weighted by Gasteiger charge is -2.17. The first-order chi connectivity index (χ1) is 8.50. The predicted molar refractivity (Wildman–Crippen MR) is 76.7 cm³/mol. The predicted octanol–water partition coefficient (Wildman–Crippen LogP) is 5.25. The van der Waals surface area contributed by atoms with Crippen molar-refractivity contribution in [3.05, 3.63) is 28.5 Å². The van der Waals surface area contributed by atoms with Gasteiger partial charge in [0.05, 0.1) is 6.61 Å². The summed E-state index contributed by atoms with van der Waals surface area (Å²) in [6.07, 6.45) is 0.841. The van der Waals surface area contributed by atoms with Crippen molar-refractivity contribution in [1.29, 1.82) is 0 Å². The first kappa shape index (κ1) is 16.0. The third-order valence-corrected chi connectivity index (χ3v) is 6.28. The maximum Gasteiger partial charge on any atom is 0.440 e. The van der Waals surface area contributed by atoms with Crippen LogP contribution in [0.15, 0.2) is 22.7 Å². The highest BCUT2D eigenvalue weighted by Gasteiger charge is 2.27. The van der Waals surface area contributed by atoms with Crippen LogP contribution in [-0.2, 0) is 9.09 Å². The van der Waals surface area contributed by atoms with Crippen LogP contribution < -0.4 is 4.52 Å². The van der Waals surface area contributed by atoms with Crippen molar-refractivity contribution < 1.29 is 18.0 Å². The Hall–Kier alpha value is -0.0300. The quantitative estimate of drug-likeness (QED) is 0.624. The molecule has 0 fully saturated rings. The van der Waals surface area contributed by atoms with Crippen LogP contribution in [0.5, 0.6) is 5.75 Å². The second-order valence-electron chi connectivity index (χ2n) is 3.36. The molecule has 0 aromatic heterocycles. The van der Waals surface area contributed by atoms with Gasteiger partial charge in [0, 0.05) is 10.2 Å².